The van der Waals surface area contributed by atoms with Gasteiger partial charge in [0.1, 0.15) is 5.75 Å². The molecule has 5 nitrogen and oxygen atoms in total. The zero-order valence-corrected chi connectivity index (χ0v) is 16.5. The summed E-state index contributed by atoms with van der Waals surface area (Å²) in [6, 6.07) is 24.8. The molecular formula is C24H24N2O3. The van der Waals surface area contributed by atoms with Crippen molar-refractivity contribution in [2.45, 2.75) is 19.8 Å². The highest BCUT2D eigenvalue weighted by molar-refractivity contribution is 5.95. The maximum absolute atomic E-state index is 12.1. The van der Waals surface area contributed by atoms with E-state index in [9.17, 15) is 9.59 Å². The normalized spacial score (nSPS) is 10.4. The van der Waals surface area contributed by atoms with Gasteiger partial charge in [-0.15, -0.1) is 0 Å². The minimum absolute atomic E-state index is 0.197. The van der Waals surface area contributed by atoms with E-state index in [1.165, 1.54) is 0 Å². The van der Waals surface area contributed by atoms with Gasteiger partial charge in [0.05, 0.1) is 0 Å². The lowest BCUT2D eigenvalue weighted by molar-refractivity contribution is -0.123. The predicted molar refractivity (Wildman–Crippen MR) is 114 cm³/mol. The highest BCUT2D eigenvalue weighted by Gasteiger charge is 2.09. The Bertz CT molecular complexity index is 950. The highest BCUT2D eigenvalue weighted by atomic mass is 16.5. The van der Waals surface area contributed by atoms with E-state index in [0.717, 1.165) is 16.7 Å². The predicted octanol–water partition coefficient (Wildman–Crippen LogP) is 4.32. The molecule has 0 saturated heterocycles. The Morgan fingerprint density at radius 1 is 0.793 bits per heavy atom. The average Bonchev–Trinajstić information content (AvgIpc) is 2.77. The molecule has 0 unspecified atom stereocenters. The van der Waals surface area contributed by atoms with Gasteiger partial charge in [0.15, 0.2) is 6.61 Å². The second-order valence-electron chi connectivity index (χ2n) is 6.96. The van der Waals surface area contributed by atoms with Crippen LogP contribution in [0.3, 0.4) is 0 Å². The molecule has 0 spiro atoms. The maximum Gasteiger partial charge on any atom is 0.276 e. The van der Waals surface area contributed by atoms with E-state index in [2.05, 4.69) is 24.7 Å². The summed E-state index contributed by atoms with van der Waals surface area (Å²) in [7, 11) is 0. The Morgan fingerprint density at radius 2 is 1.41 bits per heavy atom. The molecule has 3 aromatic carbocycles. The third kappa shape index (κ3) is 5.69. The Morgan fingerprint density at radius 3 is 2.03 bits per heavy atom. The lowest BCUT2D eigenvalue weighted by atomic mass is 10.0. The monoisotopic (exact) mass is 388 g/mol. The number of carbonyl (C=O) groups is 2. The standard InChI is InChI=1S/C24H24N2O3/c1-17(2)18-8-10-21(11-9-18)24(28)26-25-23(27)16-29-22-14-12-20(13-15-22)19-6-4-3-5-7-19/h3-15,17H,16H2,1-2H3,(H,25,27)(H,26,28). The number of rotatable bonds is 6. The van der Waals surface area contributed by atoms with Crippen molar-refractivity contribution in [3.05, 3.63) is 90.0 Å². The third-order valence-corrected chi connectivity index (χ3v) is 4.49. The quantitative estimate of drug-likeness (QED) is 0.618. The molecule has 0 radical (unpaired) electrons. The zero-order chi connectivity index (χ0) is 20.6. The first-order valence-corrected chi connectivity index (χ1v) is 9.50. The fraction of sp³-hybridized carbons (Fsp3) is 0.167. The van der Waals surface area contributed by atoms with E-state index in [-0.39, 0.29) is 12.5 Å². The molecular weight excluding hydrogens is 364 g/mol. The molecule has 0 aliphatic rings. The number of hydrazine groups is 1. The Hall–Kier alpha value is -3.60. The first-order valence-electron chi connectivity index (χ1n) is 9.50. The van der Waals surface area contributed by atoms with Crippen LogP contribution >= 0.6 is 0 Å². The van der Waals surface area contributed by atoms with Crippen LogP contribution in [0.4, 0.5) is 0 Å². The topological polar surface area (TPSA) is 67.4 Å². The van der Waals surface area contributed by atoms with Crippen LogP contribution in [0.5, 0.6) is 5.75 Å². The molecule has 5 heteroatoms. The summed E-state index contributed by atoms with van der Waals surface area (Å²) in [6.07, 6.45) is 0. The van der Waals surface area contributed by atoms with Crippen molar-refractivity contribution in [1.29, 1.82) is 0 Å². The van der Waals surface area contributed by atoms with Crippen molar-refractivity contribution in [3.63, 3.8) is 0 Å². The number of ether oxygens (including phenoxy) is 1. The summed E-state index contributed by atoms with van der Waals surface area (Å²) in [5.41, 5.74) is 8.57. The molecule has 0 fully saturated rings. The van der Waals surface area contributed by atoms with Gasteiger partial charge in [0.25, 0.3) is 11.8 Å². The van der Waals surface area contributed by atoms with E-state index in [1.54, 1.807) is 12.1 Å². The molecule has 0 saturated carbocycles. The average molecular weight is 388 g/mol. The van der Waals surface area contributed by atoms with E-state index >= 15 is 0 Å². The van der Waals surface area contributed by atoms with Crippen molar-refractivity contribution in [2.24, 2.45) is 0 Å². The molecule has 0 atom stereocenters. The smallest absolute Gasteiger partial charge is 0.276 e. The van der Waals surface area contributed by atoms with Gasteiger partial charge in [-0.3, -0.25) is 20.4 Å². The van der Waals surface area contributed by atoms with Gasteiger partial charge in [0, 0.05) is 5.56 Å². The molecule has 3 aromatic rings. The van der Waals surface area contributed by atoms with Crippen LogP contribution in [-0.2, 0) is 4.79 Å². The Balaban J connectivity index is 1.45. The lowest BCUT2D eigenvalue weighted by Gasteiger charge is -2.10. The molecule has 0 aliphatic heterocycles. The molecule has 148 valence electrons. The molecule has 0 bridgehead atoms. The molecule has 2 N–H and O–H groups in total. The minimum atomic E-state index is -0.440. The minimum Gasteiger partial charge on any atom is -0.484 e. The molecule has 29 heavy (non-hydrogen) atoms. The van der Waals surface area contributed by atoms with Gasteiger partial charge in [-0.25, -0.2) is 0 Å². The fourth-order valence-electron chi connectivity index (χ4n) is 2.78. The van der Waals surface area contributed by atoms with Crippen LogP contribution in [0.2, 0.25) is 0 Å². The summed E-state index contributed by atoms with van der Waals surface area (Å²) >= 11 is 0. The third-order valence-electron chi connectivity index (χ3n) is 4.49. The second-order valence-corrected chi connectivity index (χ2v) is 6.96. The first kappa shape index (κ1) is 20.1. The van der Waals surface area contributed by atoms with E-state index in [4.69, 9.17) is 4.74 Å². The van der Waals surface area contributed by atoms with Crippen molar-refractivity contribution >= 4 is 11.8 Å². The zero-order valence-electron chi connectivity index (χ0n) is 16.5. The van der Waals surface area contributed by atoms with Crippen LogP contribution in [0.15, 0.2) is 78.9 Å². The summed E-state index contributed by atoms with van der Waals surface area (Å²) in [4.78, 5) is 24.0. The number of hydrogen-bond donors (Lipinski definition) is 2. The molecule has 0 aromatic heterocycles. The molecule has 2 amide bonds. The number of nitrogens with one attached hydrogen (secondary N) is 2. The first-order chi connectivity index (χ1) is 14.0. The molecule has 0 aliphatic carbocycles. The number of carbonyl (C=O) groups excluding carboxylic acids is 2. The molecule has 3 rings (SSSR count). The van der Waals surface area contributed by atoms with Gasteiger partial charge in [0.2, 0.25) is 0 Å². The van der Waals surface area contributed by atoms with Crippen molar-refractivity contribution in [1.82, 2.24) is 10.9 Å². The fourth-order valence-corrected chi connectivity index (χ4v) is 2.78. The van der Waals surface area contributed by atoms with Crippen molar-refractivity contribution in [2.75, 3.05) is 6.61 Å². The van der Waals surface area contributed by atoms with Gasteiger partial charge >= 0.3 is 0 Å². The van der Waals surface area contributed by atoms with E-state index in [0.29, 0.717) is 17.2 Å². The molecule has 0 heterocycles. The number of benzene rings is 3. The summed E-state index contributed by atoms with van der Waals surface area (Å²) in [6.45, 7) is 3.98. The van der Waals surface area contributed by atoms with Gasteiger partial charge in [-0.2, -0.15) is 0 Å². The summed E-state index contributed by atoms with van der Waals surface area (Å²) < 4.78 is 5.48. The van der Waals surface area contributed by atoms with Crippen LogP contribution in [0.25, 0.3) is 11.1 Å². The second kappa shape index (κ2) is 9.55. The van der Waals surface area contributed by atoms with E-state index < -0.39 is 5.91 Å². The van der Waals surface area contributed by atoms with Crippen molar-refractivity contribution < 1.29 is 14.3 Å². The van der Waals surface area contributed by atoms with Crippen LogP contribution in [0, 0.1) is 0 Å². The summed E-state index contributed by atoms with van der Waals surface area (Å²) in [5.74, 6) is 0.159. The number of hydrogen-bond acceptors (Lipinski definition) is 3. The van der Waals surface area contributed by atoms with Crippen LogP contribution < -0.4 is 15.6 Å². The lowest BCUT2D eigenvalue weighted by Crippen LogP contribution is -2.43. The number of amides is 2. The SMILES string of the molecule is CC(C)c1ccc(C(=O)NNC(=O)COc2ccc(-c3ccccc3)cc2)cc1. The summed E-state index contributed by atoms with van der Waals surface area (Å²) in [5, 5.41) is 0. The van der Waals surface area contributed by atoms with Crippen LogP contribution in [-0.4, -0.2) is 18.4 Å². The Labute approximate surface area is 170 Å². The van der Waals surface area contributed by atoms with Crippen molar-refractivity contribution in [3.8, 4) is 16.9 Å². The van der Waals surface area contributed by atoms with Crippen LogP contribution in [0.1, 0.15) is 35.7 Å². The van der Waals surface area contributed by atoms with Gasteiger partial charge in [-0.1, -0.05) is 68.4 Å². The largest absolute Gasteiger partial charge is 0.484 e. The van der Waals surface area contributed by atoms with E-state index in [1.807, 2.05) is 66.7 Å². The Kier molecular flexibility index (Phi) is 6.63. The maximum atomic E-state index is 12.1. The van der Waals surface area contributed by atoms with Gasteiger partial charge < -0.3 is 4.74 Å². The van der Waals surface area contributed by atoms with Gasteiger partial charge in [-0.05, 0) is 46.9 Å². The highest BCUT2D eigenvalue weighted by Crippen LogP contribution is 2.22.